The molecule has 0 aliphatic carbocycles. The molecule has 0 heterocycles. The van der Waals surface area contributed by atoms with E-state index < -0.39 is 28.4 Å². The average Bonchev–Trinajstić information content (AvgIpc) is 2.67. The van der Waals surface area contributed by atoms with Gasteiger partial charge in [0, 0.05) is 5.56 Å². The summed E-state index contributed by atoms with van der Waals surface area (Å²) >= 11 is 6.12. The second-order valence-corrected chi connectivity index (χ2v) is 8.65. The van der Waals surface area contributed by atoms with E-state index in [2.05, 4.69) is 5.32 Å². The molecule has 30 heavy (non-hydrogen) atoms. The van der Waals surface area contributed by atoms with Gasteiger partial charge in [-0.1, -0.05) is 23.7 Å². The maximum absolute atomic E-state index is 12.5. The van der Waals surface area contributed by atoms with Crippen LogP contribution in [0.2, 0.25) is 5.02 Å². The zero-order valence-electron chi connectivity index (χ0n) is 16.6. The molecule has 8 nitrogen and oxygen atoms in total. The molecule has 160 valence electrons. The second-order valence-electron chi connectivity index (χ2n) is 6.34. The lowest BCUT2D eigenvalue weighted by atomic mass is 10.1. The van der Waals surface area contributed by atoms with Crippen molar-refractivity contribution in [1.82, 2.24) is 0 Å². The summed E-state index contributed by atoms with van der Waals surface area (Å²) in [5.74, 6) is -1.44. The van der Waals surface area contributed by atoms with Crippen molar-refractivity contribution in [3.8, 4) is 0 Å². The fraction of sp³-hybridized carbons (Fsp3) is 0.250. The van der Waals surface area contributed by atoms with E-state index in [1.165, 1.54) is 43.3 Å². The monoisotopic (exact) mass is 452 g/mol. The van der Waals surface area contributed by atoms with Crippen LogP contribution in [0, 0.1) is 0 Å². The maximum atomic E-state index is 12.5. The number of ketones is 1. The highest BCUT2D eigenvalue weighted by Gasteiger charge is 2.22. The summed E-state index contributed by atoms with van der Waals surface area (Å²) in [6.45, 7) is 2.71. The minimum absolute atomic E-state index is 0.0957. The molecule has 2 rings (SSSR count). The number of sulfonamides is 1. The van der Waals surface area contributed by atoms with E-state index in [0.29, 0.717) is 5.56 Å². The van der Waals surface area contributed by atoms with Gasteiger partial charge >= 0.3 is 5.97 Å². The Morgan fingerprint density at radius 1 is 1.10 bits per heavy atom. The Kier molecular flexibility index (Phi) is 7.58. The molecule has 0 aromatic heterocycles. The number of carbonyl (C=O) groups is 3. The number of Topliss-reactive ketones (excluding diaryl/α,β-unsaturated/α-hetero) is 1. The van der Waals surface area contributed by atoms with Gasteiger partial charge in [-0.25, -0.2) is 13.2 Å². The highest BCUT2D eigenvalue weighted by molar-refractivity contribution is 7.92. The summed E-state index contributed by atoms with van der Waals surface area (Å²) in [5, 5.41) is 2.62. The molecule has 1 amide bonds. The summed E-state index contributed by atoms with van der Waals surface area (Å²) in [4.78, 5) is 35.8. The van der Waals surface area contributed by atoms with E-state index >= 15 is 0 Å². The summed E-state index contributed by atoms with van der Waals surface area (Å²) in [6.07, 6.45) is 0.960. The molecule has 1 N–H and O–H groups in total. The number of carbonyl (C=O) groups excluding carboxylic acids is 3. The van der Waals surface area contributed by atoms with Crippen LogP contribution in [0.15, 0.2) is 42.5 Å². The van der Waals surface area contributed by atoms with Crippen LogP contribution in [0.3, 0.4) is 0 Å². The van der Waals surface area contributed by atoms with Gasteiger partial charge in [-0.3, -0.25) is 13.9 Å². The van der Waals surface area contributed by atoms with E-state index in [1.807, 2.05) is 0 Å². The van der Waals surface area contributed by atoms with Crippen molar-refractivity contribution in [2.24, 2.45) is 0 Å². The zero-order chi connectivity index (χ0) is 22.5. The third-order valence-corrected chi connectivity index (χ3v) is 5.44. The first-order valence-electron chi connectivity index (χ1n) is 8.88. The van der Waals surface area contributed by atoms with Crippen molar-refractivity contribution < 1.29 is 27.5 Å². The third kappa shape index (κ3) is 6.04. The van der Waals surface area contributed by atoms with Crippen LogP contribution in [-0.2, 0) is 19.6 Å². The zero-order valence-corrected chi connectivity index (χ0v) is 18.2. The SMILES string of the molecule is CCOC(=O)c1ccc(NC(=O)CN(c2cccc(C(C)=O)c2)S(C)(=O)=O)c(Cl)c1. The highest BCUT2D eigenvalue weighted by atomic mass is 35.5. The largest absolute Gasteiger partial charge is 0.462 e. The Morgan fingerprint density at radius 2 is 1.80 bits per heavy atom. The normalized spacial score (nSPS) is 10.9. The van der Waals surface area contributed by atoms with Gasteiger partial charge in [0.2, 0.25) is 15.9 Å². The fourth-order valence-corrected chi connectivity index (χ4v) is 3.63. The van der Waals surface area contributed by atoms with Gasteiger partial charge in [-0.15, -0.1) is 0 Å². The topological polar surface area (TPSA) is 110 Å². The number of benzene rings is 2. The average molecular weight is 453 g/mol. The summed E-state index contributed by atoms with van der Waals surface area (Å²) in [5.41, 5.74) is 0.933. The Bertz CT molecular complexity index is 1080. The van der Waals surface area contributed by atoms with Gasteiger partial charge in [0.15, 0.2) is 5.78 Å². The first-order chi connectivity index (χ1) is 14.0. The molecule has 0 fully saturated rings. The molecule has 0 atom stereocenters. The van der Waals surface area contributed by atoms with Crippen molar-refractivity contribution >= 4 is 50.7 Å². The Balaban J connectivity index is 2.22. The van der Waals surface area contributed by atoms with Crippen LogP contribution in [-0.4, -0.2) is 45.5 Å². The summed E-state index contributed by atoms with van der Waals surface area (Å²) < 4.78 is 30.2. The molecule has 10 heteroatoms. The molecule has 0 bridgehead atoms. The Hall–Kier alpha value is -2.91. The molecular formula is C20H21ClN2O6S. The Labute approximate surface area is 179 Å². The van der Waals surface area contributed by atoms with Gasteiger partial charge in [-0.05, 0) is 44.2 Å². The fourth-order valence-electron chi connectivity index (χ4n) is 2.56. The van der Waals surface area contributed by atoms with Crippen LogP contribution in [0.5, 0.6) is 0 Å². The molecule has 0 aliphatic heterocycles. The predicted molar refractivity (Wildman–Crippen MR) is 115 cm³/mol. The minimum Gasteiger partial charge on any atom is -0.462 e. The van der Waals surface area contributed by atoms with E-state index in [1.54, 1.807) is 13.0 Å². The molecule has 0 unspecified atom stereocenters. The first kappa shape index (κ1) is 23.4. The van der Waals surface area contributed by atoms with Crippen LogP contribution in [0.25, 0.3) is 0 Å². The van der Waals surface area contributed by atoms with Crippen LogP contribution in [0.1, 0.15) is 34.6 Å². The van der Waals surface area contributed by atoms with Gasteiger partial charge in [-0.2, -0.15) is 0 Å². The number of ether oxygens (including phenoxy) is 1. The predicted octanol–water partition coefficient (Wildman–Crippen LogP) is 3.12. The van der Waals surface area contributed by atoms with Gasteiger partial charge in [0.1, 0.15) is 6.54 Å². The third-order valence-electron chi connectivity index (χ3n) is 3.98. The van der Waals surface area contributed by atoms with Crippen molar-refractivity contribution in [3.05, 3.63) is 58.6 Å². The lowest BCUT2D eigenvalue weighted by Crippen LogP contribution is -2.37. The van der Waals surface area contributed by atoms with E-state index in [-0.39, 0.29) is 34.4 Å². The van der Waals surface area contributed by atoms with Gasteiger partial charge in [0.05, 0.1) is 34.8 Å². The molecule has 0 spiro atoms. The number of rotatable bonds is 8. The number of nitrogens with zero attached hydrogens (tertiary/aromatic N) is 1. The van der Waals surface area contributed by atoms with Crippen molar-refractivity contribution in [2.75, 3.05) is 29.0 Å². The smallest absolute Gasteiger partial charge is 0.338 e. The lowest BCUT2D eigenvalue weighted by molar-refractivity contribution is -0.114. The van der Waals surface area contributed by atoms with Crippen molar-refractivity contribution in [2.45, 2.75) is 13.8 Å². The number of nitrogens with one attached hydrogen (secondary N) is 1. The summed E-state index contributed by atoms with van der Waals surface area (Å²) in [6, 6.07) is 10.2. The molecule has 2 aromatic carbocycles. The van der Waals surface area contributed by atoms with E-state index in [9.17, 15) is 22.8 Å². The molecule has 2 aromatic rings. The van der Waals surface area contributed by atoms with Crippen molar-refractivity contribution in [1.29, 1.82) is 0 Å². The van der Waals surface area contributed by atoms with Crippen LogP contribution >= 0.6 is 11.6 Å². The number of hydrogen-bond acceptors (Lipinski definition) is 6. The highest BCUT2D eigenvalue weighted by Crippen LogP contribution is 2.24. The standard InChI is InChI=1S/C20H21ClN2O6S/c1-4-29-20(26)15-8-9-18(17(21)11-15)22-19(25)12-23(30(3,27)28)16-7-5-6-14(10-16)13(2)24/h5-11H,4,12H2,1-3H3,(H,22,25). The molecule has 0 saturated carbocycles. The number of anilines is 2. The van der Waals surface area contributed by atoms with Crippen molar-refractivity contribution in [3.63, 3.8) is 0 Å². The quantitative estimate of drug-likeness (QED) is 0.486. The maximum Gasteiger partial charge on any atom is 0.338 e. The molecular weight excluding hydrogens is 432 g/mol. The molecule has 0 aliphatic rings. The Morgan fingerprint density at radius 3 is 2.37 bits per heavy atom. The van der Waals surface area contributed by atoms with Gasteiger partial charge in [0.25, 0.3) is 0 Å². The van der Waals surface area contributed by atoms with Crippen LogP contribution < -0.4 is 9.62 Å². The summed E-state index contributed by atoms with van der Waals surface area (Å²) in [7, 11) is -3.82. The molecule has 0 radical (unpaired) electrons. The van der Waals surface area contributed by atoms with Gasteiger partial charge < -0.3 is 10.1 Å². The lowest BCUT2D eigenvalue weighted by Gasteiger charge is -2.22. The number of hydrogen-bond donors (Lipinski definition) is 1. The van der Waals surface area contributed by atoms with E-state index in [0.717, 1.165) is 10.6 Å². The first-order valence-corrected chi connectivity index (χ1v) is 11.1. The van der Waals surface area contributed by atoms with E-state index in [4.69, 9.17) is 16.3 Å². The number of esters is 1. The number of halogens is 1. The van der Waals surface area contributed by atoms with Crippen LogP contribution in [0.4, 0.5) is 11.4 Å². The minimum atomic E-state index is -3.82. The number of amides is 1. The second kappa shape index (κ2) is 9.73. The molecule has 0 saturated heterocycles.